The molecular formula is C23H35N3O3. The molecule has 0 unspecified atom stereocenters. The summed E-state index contributed by atoms with van der Waals surface area (Å²) >= 11 is 0. The van der Waals surface area contributed by atoms with Crippen LogP contribution in [0, 0.1) is 6.92 Å². The molecule has 0 aliphatic rings. The summed E-state index contributed by atoms with van der Waals surface area (Å²) in [6, 6.07) is 12.4. The molecule has 160 valence electrons. The molecule has 0 aliphatic heterocycles. The first-order chi connectivity index (χ1) is 13.9. The van der Waals surface area contributed by atoms with Crippen LogP contribution >= 0.6 is 0 Å². The monoisotopic (exact) mass is 401 g/mol. The molecule has 6 heteroatoms. The van der Waals surface area contributed by atoms with E-state index in [1.165, 1.54) is 0 Å². The minimum absolute atomic E-state index is 0.231. The molecule has 2 rings (SSSR count). The van der Waals surface area contributed by atoms with Gasteiger partial charge in [0.05, 0.1) is 7.11 Å². The zero-order valence-corrected chi connectivity index (χ0v) is 18.3. The highest BCUT2D eigenvalue weighted by Gasteiger charge is 2.13. The molecule has 1 atom stereocenters. The molecular weight excluding hydrogens is 366 g/mol. The highest BCUT2D eigenvalue weighted by Crippen LogP contribution is 2.28. The summed E-state index contributed by atoms with van der Waals surface area (Å²) in [5.41, 5.74) is 3.26. The van der Waals surface area contributed by atoms with E-state index in [1.54, 1.807) is 7.11 Å². The number of methoxy groups -OCH3 is 1. The number of hydrogen-bond donors (Lipinski definition) is 2. The van der Waals surface area contributed by atoms with Gasteiger partial charge in [0.25, 0.3) is 0 Å². The van der Waals surface area contributed by atoms with Crippen LogP contribution in [0.1, 0.15) is 30.8 Å². The van der Waals surface area contributed by atoms with Crippen molar-refractivity contribution < 1.29 is 14.6 Å². The molecule has 0 bridgehead atoms. The van der Waals surface area contributed by atoms with E-state index in [0.717, 1.165) is 36.5 Å². The molecule has 1 aromatic carbocycles. The fourth-order valence-electron chi connectivity index (χ4n) is 2.91. The second-order valence-electron chi connectivity index (χ2n) is 7.68. The van der Waals surface area contributed by atoms with Crippen LogP contribution < -0.4 is 14.8 Å². The van der Waals surface area contributed by atoms with E-state index in [0.29, 0.717) is 24.1 Å². The van der Waals surface area contributed by atoms with E-state index in [4.69, 9.17) is 9.47 Å². The summed E-state index contributed by atoms with van der Waals surface area (Å²) in [5, 5.41) is 13.6. The molecule has 0 fully saturated rings. The second-order valence-corrected chi connectivity index (χ2v) is 7.68. The lowest BCUT2D eigenvalue weighted by Gasteiger charge is -2.24. The van der Waals surface area contributed by atoms with Crippen LogP contribution in [-0.4, -0.2) is 61.0 Å². The van der Waals surface area contributed by atoms with Crippen molar-refractivity contribution in [1.82, 2.24) is 15.2 Å². The highest BCUT2D eigenvalue weighted by atomic mass is 16.5. The molecule has 0 spiro atoms. The lowest BCUT2D eigenvalue weighted by atomic mass is 10.2. The van der Waals surface area contributed by atoms with Crippen LogP contribution in [0.3, 0.4) is 0 Å². The topological polar surface area (TPSA) is 66.8 Å². The minimum atomic E-state index is -0.552. The van der Waals surface area contributed by atoms with E-state index in [-0.39, 0.29) is 6.61 Å². The Morgan fingerprint density at radius 1 is 1.17 bits per heavy atom. The SMILES string of the molecule is COc1cc(CNCCc2cccc(C)n2)ccc1OC[C@H](O)CN(C)C(C)C. The molecule has 1 heterocycles. The van der Waals surface area contributed by atoms with Crippen LogP contribution in [-0.2, 0) is 13.0 Å². The molecule has 1 aromatic heterocycles. The second kappa shape index (κ2) is 11.8. The maximum absolute atomic E-state index is 10.2. The largest absolute Gasteiger partial charge is 0.493 e. The predicted molar refractivity (Wildman–Crippen MR) is 117 cm³/mol. The third-order valence-corrected chi connectivity index (χ3v) is 4.87. The fraction of sp³-hybridized carbons (Fsp3) is 0.522. The van der Waals surface area contributed by atoms with Crippen LogP contribution in [0.15, 0.2) is 36.4 Å². The Hall–Kier alpha value is -2.15. The molecule has 29 heavy (non-hydrogen) atoms. The first kappa shape index (κ1) is 23.1. The van der Waals surface area contributed by atoms with Crippen molar-refractivity contribution in [2.75, 3.05) is 33.9 Å². The lowest BCUT2D eigenvalue weighted by molar-refractivity contribution is 0.0668. The quantitative estimate of drug-likeness (QED) is 0.533. The van der Waals surface area contributed by atoms with Crippen LogP contribution in [0.2, 0.25) is 0 Å². The van der Waals surface area contributed by atoms with Crippen LogP contribution in [0.5, 0.6) is 11.5 Å². The van der Waals surface area contributed by atoms with Crippen molar-refractivity contribution in [1.29, 1.82) is 0 Å². The number of pyridine rings is 1. The number of aliphatic hydroxyl groups excluding tert-OH is 1. The normalized spacial score (nSPS) is 12.4. The molecule has 0 amide bonds. The van der Waals surface area contributed by atoms with Crippen molar-refractivity contribution in [3.8, 4) is 11.5 Å². The molecule has 0 aliphatic carbocycles. The summed E-state index contributed by atoms with van der Waals surface area (Å²) in [4.78, 5) is 6.61. The summed E-state index contributed by atoms with van der Waals surface area (Å²) in [7, 11) is 3.62. The van der Waals surface area contributed by atoms with Crippen molar-refractivity contribution in [3.63, 3.8) is 0 Å². The number of benzene rings is 1. The standard InChI is InChI=1S/C23H35N3O3/c1-17(2)26(4)15-21(27)16-29-22-10-9-19(13-23(22)28-5)14-24-12-11-20-8-6-7-18(3)25-20/h6-10,13,17,21,24,27H,11-12,14-16H2,1-5H3/t21-/m1/s1. The molecule has 2 N–H and O–H groups in total. The summed E-state index contributed by atoms with van der Waals surface area (Å²) in [5.74, 6) is 1.32. The fourth-order valence-corrected chi connectivity index (χ4v) is 2.91. The van der Waals surface area contributed by atoms with Gasteiger partial charge in [-0.2, -0.15) is 0 Å². The Labute approximate surface area is 174 Å². The zero-order chi connectivity index (χ0) is 21.2. The summed E-state index contributed by atoms with van der Waals surface area (Å²) in [6.07, 6.45) is 0.339. The van der Waals surface area contributed by atoms with Crippen LogP contribution in [0.4, 0.5) is 0 Å². The number of hydrogen-bond acceptors (Lipinski definition) is 6. The van der Waals surface area contributed by atoms with Crippen molar-refractivity contribution in [2.45, 2.75) is 45.9 Å². The van der Waals surface area contributed by atoms with Crippen molar-refractivity contribution >= 4 is 0 Å². The lowest BCUT2D eigenvalue weighted by Crippen LogP contribution is -2.36. The summed E-state index contributed by atoms with van der Waals surface area (Å²) < 4.78 is 11.3. The number of nitrogens with zero attached hydrogens (tertiary/aromatic N) is 2. The van der Waals surface area contributed by atoms with Gasteiger partial charge in [-0.15, -0.1) is 0 Å². The number of nitrogens with one attached hydrogen (secondary N) is 1. The van der Waals surface area contributed by atoms with Gasteiger partial charge in [0, 0.05) is 43.5 Å². The molecule has 2 aromatic rings. The van der Waals surface area contributed by atoms with E-state index in [9.17, 15) is 5.11 Å². The Bertz CT molecular complexity index is 752. The van der Waals surface area contributed by atoms with Gasteiger partial charge in [-0.05, 0) is 57.6 Å². The van der Waals surface area contributed by atoms with Gasteiger partial charge in [-0.1, -0.05) is 12.1 Å². The van der Waals surface area contributed by atoms with Gasteiger partial charge in [0.15, 0.2) is 11.5 Å². The van der Waals surface area contributed by atoms with Gasteiger partial charge < -0.3 is 24.8 Å². The smallest absolute Gasteiger partial charge is 0.161 e. The van der Waals surface area contributed by atoms with E-state index in [2.05, 4.69) is 35.1 Å². The van der Waals surface area contributed by atoms with Crippen molar-refractivity contribution in [3.05, 3.63) is 53.3 Å². The zero-order valence-electron chi connectivity index (χ0n) is 18.3. The number of aliphatic hydroxyl groups is 1. The molecule has 0 saturated carbocycles. The number of aromatic nitrogens is 1. The van der Waals surface area contributed by atoms with E-state index in [1.807, 2.05) is 44.3 Å². The van der Waals surface area contributed by atoms with Gasteiger partial charge in [-0.3, -0.25) is 4.98 Å². The van der Waals surface area contributed by atoms with E-state index >= 15 is 0 Å². The number of aryl methyl sites for hydroxylation is 1. The average Bonchev–Trinajstić information content (AvgIpc) is 2.70. The van der Waals surface area contributed by atoms with Gasteiger partial charge >= 0.3 is 0 Å². The number of rotatable bonds is 12. The van der Waals surface area contributed by atoms with Gasteiger partial charge in [-0.25, -0.2) is 0 Å². The van der Waals surface area contributed by atoms with Gasteiger partial charge in [0.2, 0.25) is 0 Å². The third kappa shape index (κ3) is 8.01. The highest BCUT2D eigenvalue weighted by molar-refractivity contribution is 5.43. The van der Waals surface area contributed by atoms with Gasteiger partial charge in [0.1, 0.15) is 12.7 Å². The van der Waals surface area contributed by atoms with Crippen molar-refractivity contribution in [2.24, 2.45) is 0 Å². The number of ether oxygens (including phenoxy) is 2. The Kier molecular flexibility index (Phi) is 9.38. The Morgan fingerprint density at radius 3 is 2.66 bits per heavy atom. The molecule has 0 radical (unpaired) electrons. The Balaban J connectivity index is 1.81. The first-order valence-electron chi connectivity index (χ1n) is 10.2. The maximum Gasteiger partial charge on any atom is 0.161 e. The van der Waals surface area contributed by atoms with Crippen LogP contribution in [0.25, 0.3) is 0 Å². The third-order valence-electron chi connectivity index (χ3n) is 4.87. The molecule has 0 saturated heterocycles. The summed E-state index contributed by atoms with van der Waals surface area (Å²) in [6.45, 7) is 8.60. The average molecular weight is 402 g/mol. The minimum Gasteiger partial charge on any atom is -0.493 e. The molecule has 6 nitrogen and oxygen atoms in total. The first-order valence-corrected chi connectivity index (χ1v) is 10.2. The predicted octanol–water partition coefficient (Wildman–Crippen LogP) is 2.81. The Morgan fingerprint density at radius 2 is 1.97 bits per heavy atom. The number of likely N-dealkylation sites (N-methyl/N-ethyl adjacent to an activating group) is 1. The van der Waals surface area contributed by atoms with E-state index < -0.39 is 6.10 Å². The maximum atomic E-state index is 10.2.